The fraction of sp³-hybridized carbons (Fsp3) is 0.533. The lowest BCUT2D eigenvalue weighted by Crippen LogP contribution is -2.48. The fourth-order valence-electron chi connectivity index (χ4n) is 2.92. The number of alkyl halides is 3. The van der Waals surface area contributed by atoms with Crippen molar-refractivity contribution in [3.05, 3.63) is 34.6 Å². The van der Waals surface area contributed by atoms with Crippen LogP contribution < -0.4 is 5.32 Å². The Hall–Kier alpha value is -1.87. The highest BCUT2D eigenvalue weighted by atomic mass is 19.4. The fourth-order valence-corrected chi connectivity index (χ4v) is 2.92. The maximum absolute atomic E-state index is 13.5. The van der Waals surface area contributed by atoms with Crippen LogP contribution in [0.1, 0.15) is 31.2 Å². The van der Waals surface area contributed by atoms with Gasteiger partial charge in [0.15, 0.2) is 23.3 Å². The number of rotatable bonds is 3. The smallest absolute Gasteiger partial charge is 0.352 e. The summed E-state index contributed by atoms with van der Waals surface area (Å²) in [6.45, 7) is 0. The molecule has 10 heteroatoms. The molecule has 2 unspecified atom stereocenters. The molecule has 1 saturated carbocycles. The predicted molar refractivity (Wildman–Crippen MR) is 69.9 cm³/mol. The van der Waals surface area contributed by atoms with Crippen LogP contribution in [0.3, 0.4) is 0 Å². The van der Waals surface area contributed by atoms with Crippen molar-refractivity contribution < 1.29 is 39.9 Å². The van der Waals surface area contributed by atoms with Crippen LogP contribution >= 0.6 is 0 Å². The van der Waals surface area contributed by atoms with Crippen LogP contribution in [0.4, 0.5) is 35.1 Å². The minimum Gasteiger partial charge on any atom is -0.352 e. The summed E-state index contributed by atoms with van der Waals surface area (Å²) in [6.07, 6.45) is -5.30. The number of amides is 1. The van der Waals surface area contributed by atoms with Gasteiger partial charge in [0.1, 0.15) is 0 Å². The van der Waals surface area contributed by atoms with E-state index in [0.717, 1.165) is 0 Å². The van der Waals surface area contributed by atoms with E-state index in [2.05, 4.69) is 0 Å². The summed E-state index contributed by atoms with van der Waals surface area (Å²) in [5, 5.41) is 2.00. The van der Waals surface area contributed by atoms with E-state index in [1.54, 1.807) is 0 Å². The predicted octanol–water partition coefficient (Wildman–Crippen LogP) is 4.16. The third-order valence-electron chi connectivity index (χ3n) is 4.17. The summed E-state index contributed by atoms with van der Waals surface area (Å²) in [4.78, 5) is 11.8. The summed E-state index contributed by atoms with van der Waals surface area (Å²) in [5.74, 6) is -14.2. The van der Waals surface area contributed by atoms with Crippen molar-refractivity contribution in [1.82, 2.24) is 5.32 Å². The number of carbonyl (C=O) groups is 1. The van der Waals surface area contributed by atoms with Crippen LogP contribution in [0, 0.1) is 35.0 Å². The molecule has 0 aliphatic heterocycles. The topological polar surface area (TPSA) is 29.1 Å². The molecular formula is C15H13F8NO. The Morgan fingerprint density at radius 2 is 1.36 bits per heavy atom. The molecule has 25 heavy (non-hydrogen) atoms. The number of hydrogen-bond acceptors (Lipinski definition) is 1. The van der Waals surface area contributed by atoms with Crippen molar-refractivity contribution in [1.29, 1.82) is 0 Å². The second-order valence-electron chi connectivity index (χ2n) is 5.83. The molecule has 1 aliphatic carbocycles. The molecule has 1 amide bonds. The van der Waals surface area contributed by atoms with Gasteiger partial charge in [0.05, 0.1) is 12.3 Å². The van der Waals surface area contributed by atoms with Gasteiger partial charge in [-0.25, -0.2) is 22.0 Å². The Morgan fingerprint density at radius 3 is 1.88 bits per heavy atom. The lowest BCUT2D eigenvalue weighted by Gasteiger charge is -2.33. The Balaban J connectivity index is 2.18. The summed E-state index contributed by atoms with van der Waals surface area (Å²) >= 11 is 0. The zero-order valence-corrected chi connectivity index (χ0v) is 12.6. The van der Waals surface area contributed by atoms with Gasteiger partial charge in [0.25, 0.3) is 0 Å². The average Bonchev–Trinajstić information content (AvgIpc) is 2.54. The van der Waals surface area contributed by atoms with E-state index in [9.17, 15) is 39.9 Å². The van der Waals surface area contributed by atoms with E-state index in [1.807, 2.05) is 5.32 Å². The van der Waals surface area contributed by atoms with Crippen molar-refractivity contribution in [2.75, 3.05) is 0 Å². The molecule has 1 aromatic carbocycles. The van der Waals surface area contributed by atoms with Gasteiger partial charge in [-0.05, 0) is 12.8 Å². The quantitative estimate of drug-likeness (QED) is 0.480. The van der Waals surface area contributed by atoms with E-state index < -0.39 is 65.1 Å². The minimum absolute atomic E-state index is 0.00697. The van der Waals surface area contributed by atoms with Gasteiger partial charge < -0.3 is 5.32 Å². The molecule has 2 atom stereocenters. The van der Waals surface area contributed by atoms with Gasteiger partial charge >= 0.3 is 6.18 Å². The van der Waals surface area contributed by atoms with Gasteiger partial charge in [-0.3, -0.25) is 4.79 Å². The molecule has 1 aromatic rings. The van der Waals surface area contributed by atoms with E-state index in [1.165, 1.54) is 0 Å². The van der Waals surface area contributed by atoms with Crippen LogP contribution in [0.2, 0.25) is 0 Å². The molecule has 0 spiro atoms. The zero-order chi connectivity index (χ0) is 18.9. The first-order valence-corrected chi connectivity index (χ1v) is 7.40. The van der Waals surface area contributed by atoms with Gasteiger partial charge in [0.2, 0.25) is 11.7 Å². The van der Waals surface area contributed by atoms with Crippen LogP contribution in [0.15, 0.2) is 0 Å². The molecule has 2 rings (SSSR count). The maximum atomic E-state index is 13.5. The molecule has 0 heterocycles. The first kappa shape index (κ1) is 19.5. The molecule has 0 bridgehead atoms. The third-order valence-corrected chi connectivity index (χ3v) is 4.17. The molecule has 1 N–H and O–H groups in total. The number of halogens is 8. The molecule has 0 saturated heterocycles. The number of benzene rings is 1. The van der Waals surface area contributed by atoms with Crippen LogP contribution in [0.5, 0.6) is 0 Å². The Morgan fingerprint density at radius 1 is 0.880 bits per heavy atom. The zero-order valence-electron chi connectivity index (χ0n) is 12.6. The Kier molecular flexibility index (Phi) is 5.58. The maximum Gasteiger partial charge on any atom is 0.393 e. The number of carbonyl (C=O) groups excluding carboxylic acids is 1. The largest absolute Gasteiger partial charge is 0.393 e. The van der Waals surface area contributed by atoms with Gasteiger partial charge in [-0.1, -0.05) is 12.8 Å². The van der Waals surface area contributed by atoms with Crippen LogP contribution in [-0.4, -0.2) is 18.1 Å². The summed E-state index contributed by atoms with van der Waals surface area (Å²) < 4.78 is 105. The molecule has 0 aromatic heterocycles. The molecule has 1 fully saturated rings. The highest BCUT2D eigenvalue weighted by Gasteiger charge is 2.46. The molecular weight excluding hydrogens is 362 g/mol. The van der Waals surface area contributed by atoms with Gasteiger partial charge in [-0.15, -0.1) is 0 Å². The first-order chi connectivity index (χ1) is 11.5. The van der Waals surface area contributed by atoms with E-state index in [-0.39, 0.29) is 12.8 Å². The molecule has 140 valence electrons. The first-order valence-electron chi connectivity index (χ1n) is 7.40. The standard InChI is InChI=1S/C15H13F8NO/c16-10-6(11(17)13(19)14(20)12(10)18)5-9(25)24-8-4-2-1-3-7(8)15(21,22)23/h7-8H,1-5H2,(H,24,25). The van der Waals surface area contributed by atoms with Crippen molar-refractivity contribution in [2.24, 2.45) is 5.92 Å². The van der Waals surface area contributed by atoms with Crippen molar-refractivity contribution in [3.63, 3.8) is 0 Å². The summed E-state index contributed by atoms with van der Waals surface area (Å²) in [5.41, 5.74) is -1.38. The molecule has 1 aliphatic rings. The average molecular weight is 375 g/mol. The summed E-state index contributed by atoms with van der Waals surface area (Å²) in [7, 11) is 0. The lowest BCUT2D eigenvalue weighted by molar-refractivity contribution is -0.189. The second kappa shape index (κ2) is 7.17. The highest BCUT2D eigenvalue weighted by molar-refractivity contribution is 5.79. The third kappa shape index (κ3) is 4.04. The van der Waals surface area contributed by atoms with Crippen molar-refractivity contribution >= 4 is 5.91 Å². The van der Waals surface area contributed by atoms with E-state index >= 15 is 0 Å². The Labute approximate surface area is 137 Å². The monoisotopic (exact) mass is 375 g/mol. The van der Waals surface area contributed by atoms with Crippen molar-refractivity contribution in [2.45, 2.75) is 44.3 Å². The lowest BCUT2D eigenvalue weighted by atomic mass is 9.84. The summed E-state index contributed by atoms with van der Waals surface area (Å²) in [6, 6.07) is -1.30. The van der Waals surface area contributed by atoms with E-state index in [0.29, 0.717) is 12.8 Å². The van der Waals surface area contributed by atoms with Crippen molar-refractivity contribution in [3.8, 4) is 0 Å². The normalized spacial score (nSPS) is 21.3. The molecule has 2 nitrogen and oxygen atoms in total. The SMILES string of the molecule is O=C(Cc1c(F)c(F)c(F)c(F)c1F)NC1CCCCC1C(F)(F)F. The van der Waals surface area contributed by atoms with Gasteiger partial charge in [0, 0.05) is 11.6 Å². The van der Waals surface area contributed by atoms with Gasteiger partial charge in [-0.2, -0.15) is 13.2 Å². The number of hydrogen-bond donors (Lipinski definition) is 1. The van der Waals surface area contributed by atoms with E-state index in [4.69, 9.17) is 0 Å². The minimum atomic E-state index is -4.57. The molecule has 0 radical (unpaired) electrons. The van der Waals surface area contributed by atoms with Crippen LogP contribution in [-0.2, 0) is 11.2 Å². The number of nitrogens with one attached hydrogen (secondary N) is 1. The second-order valence-corrected chi connectivity index (χ2v) is 5.83. The Bertz CT molecular complexity index is 643. The van der Waals surface area contributed by atoms with Crippen LogP contribution in [0.25, 0.3) is 0 Å². The highest BCUT2D eigenvalue weighted by Crippen LogP contribution is 2.37.